The summed E-state index contributed by atoms with van der Waals surface area (Å²) < 4.78 is 2.28. The SMILES string of the molecule is Cc1ccc2c(c1)c1cc(N(C)c3ccc(C)c(C)c3)ccc1n2C. The molecule has 0 amide bonds. The molecule has 0 spiro atoms. The van der Waals surface area contributed by atoms with Crippen molar-refractivity contribution in [3.05, 3.63) is 71.3 Å². The van der Waals surface area contributed by atoms with Gasteiger partial charge in [0, 0.05) is 47.3 Å². The predicted molar refractivity (Wildman–Crippen MR) is 109 cm³/mol. The molecule has 0 N–H and O–H groups in total. The van der Waals surface area contributed by atoms with Crippen LogP contribution in [0.15, 0.2) is 54.6 Å². The van der Waals surface area contributed by atoms with Crippen LogP contribution in [0.2, 0.25) is 0 Å². The van der Waals surface area contributed by atoms with Gasteiger partial charge in [0.2, 0.25) is 0 Å². The van der Waals surface area contributed by atoms with Crippen molar-refractivity contribution in [2.24, 2.45) is 7.05 Å². The summed E-state index contributed by atoms with van der Waals surface area (Å²) in [5, 5.41) is 2.64. The Balaban J connectivity index is 1.89. The minimum Gasteiger partial charge on any atom is -0.345 e. The number of aromatic nitrogens is 1. The maximum absolute atomic E-state index is 2.31. The van der Waals surface area contributed by atoms with Gasteiger partial charge in [-0.2, -0.15) is 0 Å². The van der Waals surface area contributed by atoms with Gasteiger partial charge in [0.25, 0.3) is 0 Å². The van der Waals surface area contributed by atoms with E-state index >= 15 is 0 Å². The highest BCUT2D eigenvalue weighted by atomic mass is 15.1. The summed E-state index contributed by atoms with van der Waals surface area (Å²) in [7, 11) is 4.29. The largest absolute Gasteiger partial charge is 0.345 e. The van der Waals surface area contributed by atoms with Gasteiger partial charge in [0.1, 0.15) is 0 Å². The molecule has 0 aliphatic carbocycles. The molecule has 0 aliphatic rings. The number of hydrogen-bond acceptors (Lipinski definition) is 1. The summed E-state index contributed by atoms with van der Waals surface area (Å²) in [5.74, 6) is 0. The van der Waals surface area contributed by atoms with Crippen molar-refractivity contribution < 1.29 is 0 Å². The Hall–Kier alpha value is -2.74. The van der Waals surface area contributed by atoms with Gasteiger partial charge >= 0.3 is 0 Å². The van der Waals surface area contributed by atoms with Crippen molar-refractivity contribution in [3.63, 3.8) is 0 Å². The average Bonchev–Trinajstić information content (AvgIpc) is 2.88. The number of hydrogen-bond donors (Lipinski definition) is 0. The number of rotatable bonds is 2. The van der Waals surface area contributed by atoms with E-state index in [2.05, 4.69) is 98.9 Å². The minimum atomic E-state index is 1.21. The Labute approximate surface area is 149 Å². The Bertz CT molecular complexity index is 1100. The van der Waals surface area contributed by atoms with Crippen LogP contribution < -0.4 is 4.90 Å². The highest BCUT2D eigenvalue weighted by Crippen LogP contribution is 2.34. The monoisotopic (exact) mass is 328 g/mol. The zero-order valence-electron chi connectivity index (χ0n) is 15.6. The Morgan fingerprint density at radius 1 is 0.680 bits per heavy atom. The molecule has 0 fully saturated rings. The molecule has 0 atom stereocenters. The molecule has 0 saturated carbocycles. The van der Waals surface area contributed by atoms with Gasteiger partial charge in [-0.1, -0.05) is 17.7 Å². The zero-order valence-corrected chi connectivity index (χ0v) is 15.6. The number of aryl methyl sites for hydroxylation is 4. The maximum Gasteiger partial charge on any atom is 0.0490 e. The Morgan fingerprint density at radius 2 is 1.28 bits per heavy atom. The van der Waals surface area contributed by atoms with E-state index in [0.717, 1.165) is 0 Å². The van der Waals surface area contributed by atoms with E-state index in [9.17, 15) is 0 Å². The van der Waals surface area contributed by atoms with Gasteiger partial charge in [0.15, 0.2) is 0 Å². The van der Waals surface area contributed by atoms with Gasteiger partial charge in [-0.05, 0) is 74.4 Å². The van der Waals surface area contributed by atoms with E-state index in [-0.39, 0.29) is 0 Å². The van der Waals surface area contributed by atoms with Crippen LogP contribution in [0.3, 0.4) is 0 Å². The van der Waals surface area contributed by atoms with Crippen molar-refractivity contribution in [2.75, 3.05) is 11.9 Å². The molecular formula is C23H24N2. The molecule has 3 aromatic carbocycles. The second kappa shape index (κ2) is 5.66. The van der Waals surface area contributed by atoms with E-state index in [1.807, 2.05) is 0 Å². The average molecular weight is 328 g/mol. The molecule has 0 radical (unpaired) electrons. The molecule has 0 saturated heterocycles. The minimum absolute atomic E-state index is 1.21. The molecule has 0 aliphatic heterocycles. The van der Waals surface area contributed by atoms with Crippen LogP contribution in [0.5, 0.6) is 0 Å². The Morgan fingerprint density at radius 3 is 2.00 bits per heavy atom. The lowest BCUT2D eigenvalue weighted by atomic mass is 10.1. The van der Waals surface area contributed by atoms with Gasteiger partial charge < -0.3 is 9.47 Å². The Kier molecular flexibility index (Phi) is 3.57. The van der Waals surface area contributed by atoms with Crippen molar-refractivity contribution >= 4 is 33.2 Å². The number of nitrogens with zero attached hydrogens (tertiary/aromatic N) is 2. The van der Waals surface area contributed by atoms with E-state index < -0.39 is 0 Å². The summed E-state index contributed by atoms with van der Waals surface area (Å²) in [5.41, 5.74) is 8.95. The molecule has 1 heterocycles. The van der Waals surface area contributed by atoms with Crippen LogP contribution in [0.4, 0.5) is 11.4 Å². The van der Waals surface area contributed by atoms with Crippen LogP contribution >= 0.6 is 0 Å². The fraction of sp³-hybridized carbons (Fsp3) is 0.217. The van der Waals surface area contributed by atoms with E-state index in [4.69, 9.17) is 0 Å². The molecule has 0 unspecified atom stereocenters. The molecule has 2 heteroatoms. The number of anilines is 2. The van der Waals surface area contributed by atoms with Crippen LogP contribution in [-0.4, -0.2) is 11.6 Å². The van der Waals surface area contributed by atoms with Crippen molar-refractivity contribution in [2.45, 2.75) is 20.8 Å². The number of benzene rings is 3. The predicted octanol–water partition coefficient (Wildman–Crippen LogP) is 6.02. The van der Waals surface area contributed by atoms with Crippen molar-refractivity contribution in [1.29, 1.82) is 0 Å². The van der Waals surface area contributed by atoms with E-state index in [1.165, 1.54) is 49.9 Å². The lowest BCUT2D eigenvalue weighted by molar-refractivity contribution is 1.01. The third-order valence-corrected chi connectivity index (χ3v) is 5.41. The zero-order chi connectivity index (χ0) is 17.7. The smallest absolute Gasteiger partial charge is 0.0490 e. The fourth-order valence-electron chi connectivity index (χ4n) is 3.61. The standard InChI is InChI=1S/C23H24N2/c1-15-6-10-22-20(12-15)21-14-19(9-11-23(21)25(22)5)24(4)18-8-7-16(2)17(3)13-18/h6-14H,1-5H3. The third kappa shape index (κ3) is 2.49. The summed E-state index contributed by atoms with van der Waals surface area (Å²) >= 11 is 0. The summed E-state index contributed by atoms with van der Waals surface area (Å²) in [6.07, 6.45) is 0. The van der Waals surface area contributed by atoms with E-state index in [1.54, 1.807) is 0 Å². The normalized spacial score (nSPS) is 11.4. The number of fused-ring (bicyclic) bond motifs is 3. The van der Waals surface area contributed by atoms with Gasteiger partial charge in [-0.15, -0.1) is 0 Å². The topological polar surface area (TPSA) is 8.17 Å². The van der Waals surface area contributed by atoms with E-state index in [0.29, 0.717) is 0 Å². The summed E-state index contributed by atoms with van der Waals surface area (Å²) in [6, 6.07) is 20.1. The third-order valence-electron chi connectivity index (χ3n) is 5.41. The first-order chi connectivity index (χ1) is 12.0. The van der Waals surface area contributed by atoms with Crippen LogP contribution in [0, 0.1) is 20.8 Å². The van der Waals surface area contributed by atoms with Crippen LogP contribution in [-0.2, 0) is 7.05 Å². The van der Waals surface area contributed by atoms with Gasteiger partial charge in [-0.3, -0.25) is 0 Å². The van der Waals surface area contributed by atoms with Gasteiger partial charge in [0.05, 0.1) is 0 Å². The molecule has 25 heavy (non-hydrogen) atoms. The summed E-state index contributed by atoms with van der Waals surface area (Å²) in [6.45, 7) is 6.48. The maximum atomic E-state index is 2.31. The fourth-order valence-corrected chi connectivity index (χ4v) is 3.61. The first-order valence-electron chi connectivity index (χ1n) is 8.75. The molecule has 0 bridgehead atoms. The second-order valence-corrected chi connectivity index (χ2v) is 7.11. The first kappa shape index (κ1) is 15.8. The highest BCUT2D eigenvalue weighted by molar-refractivity contribution is 6.09. The lowest BCUT2D eigenvalue weighted by Gasteiger charge is -2.21. The van der Waals surface area contributed by atoms with Crippen LogP contribution in [0.1, 0.15) is 16.7 Å². The van der Waals surface area contributed by atoms with Crippen LogP contribution in [0.25, 0.3) is 21.8 Å². The molecule has 126 valence electrons. The first-order valence-corrected chi connectivity index (χ1v) is 8.75. The lowest BCUT2D eigenvalue weighted by Crippen LogP contribution is -2.09. The van der Waals surface area contributed by atoms with Crippen molar-refractivity contribution in [1.82, 2.24) is 4.57 Å². The summed E-state index contributed by atoms with van der Waals surface area (Å²) in [4.78, 5) is 2.26. The van der Waals surface area contributed by atoms with Crippen molar-refractivity contribution in [3.8, 4) is 0 Å². The molecule has 2 nitrogen and oxygen atoms in total. The molecule has 1 aromatic heterocycles. The molecule has 4 aromatic rings. The second-order valence-electron chi connectivity index (χ2n) is 7.11. The quantitative estimate of drug-likeness (QED) is 0.436. The van der Waals surface area contributed by atoms with Gasteiger partial charge in [-0.25, -0.2) is 0 Å². The molecular weight excluding hydrogens is 304 g/mol. The highest BCUT2D eigenvalue weighted by Gasteiger charge is 2.11. The molecule has 4 rings (SSSR count).